The first kappa shape index (κ1) is 17.3. The summed E-state index contributed by atoms with van der Waals surface area (Å²) in [5.41, 5.74) is 7.44. The van der Waals surface area contributed by atoms with Crippen LogP contribution in [0.15, 0.2) is 34.7 Å². The first-order chi connectivity index (χ1) is 11.8. The molecule has 7 heteroatoms. The molecule has 25 heavy (non-hydrogen) atoms. The molecule has 128 valence electrons. The maximum Gasteiger partial charge on any atom is 0.258 e. The minimum atomic E-state index is -0.605. The largest absolute Gasteiger partial charge is 0.459 e. The van der Waals surface area contributed by atoms with Gasteiger partial charge in [-0.15, -0.1) is 0 Å². The van der Waals surface area contributed by atoms with E-state index in [1.54, 1.807) is 31.2 Å². The van der Waals surface area contributed by atoms with Crippen molar-refractivity contribution < 1.29 is 14.0 Å². The molecule has 0 saturated carbocycles. The molecular weight excluding hydrogens is 363 g/mol. The molecule has 0 fully saturated rings. The van der Waals surface area contributed by atoms with Crippen LogP contribution in [0.1, 0.15) is 32.0 Å². The fourth-order valence-electron chi connectivity index (χ4n) is 2.57. The number of hydrogen-bond acceptors (Lipinski definition) is 3. The van der Waals surface area contributed by atoms with E-state index in [1.807, 2.05) is 6.92 Å². The minimum absolute atomic E-state index is 0.142. The SMILES string of the molecule is Cc1oc2c(NC(=O)c3c(Cl)cccc3Cl)cc(C(N)=O)cc2c1C. The molecule has 5 nitrogen and oxygen atoms in total. The third-order valence-electron chi connectivity index (χ3n) is 4.00. The zero-order valence-corrected chi connectivity index (χ0v) is 15.0. The Kier molecular flexibility index (Phi) is 4.45. The van der Waals surface area contributed by atoms with Crippen LogP contribution in [-0.4, -0.2) is 11.8 Å². The number of anilines is 1. The Balaban J connectivity index is 2.13. The molecule has 1 heterocycles. The summed E-state index contributed by atoms with van der Waals surface area (Å²) >= 11 is 12.2. The number of aryl methyl sites for hydroxylation is 2. The fourth-order valence-corrected chi connectivity index (χ4v) is 3.14. The van der Waals surface area contributed by atoms with Crippen LogP contribution in [0.25, 0.3) is 11.0 Å². The van der Waals surface area contributed by atoms with Gasteiger partial charge in [0.2, 0.25) is 5.91 Å². The molecule has 0 aliphatic heterocycles. The standard InChI is InChI=1S/C18H14Cl2N2O3/c1-8-9(2)25-16-11(8)6-10(17(21)23)7-14(16)22-18(24)15-12(19)4-3-5-13(15)20/h3-7H,1-2H3,(H2,21,23)(H,22,24). The Morgan fingerprint density at radius 1 is 1.12 bits per heavy atom. The van der Waals surface area contributed by atoms with Crippen LogP contribution in [0.3, 0.4) is 0 Å². The lowest BCUT2D eigenvalue weighted by molar-refractivity contribution is 0.0996. The predicted octanol–water partition coefficient (Wildman–Crippen LogP) is 4.71. The van der Waals surface area contributed by atoms with E-state index in [4.69, 9.17) is 33.4 Å². The van der Waals surface area contributed by atoms with E-state index >= 15 is 0 Å². The van der Waals surface area contributed by atoms with E-state index in [0.29, 0.717) is 22.4 Å². The Morgan fingerprint density at radius 3 is 2.36 bits per heavy atom. The predicted molar refractivity (Wildman–Crippen MR) is 98.6 cm³/mol. The van der Waals surface area contributed by atoms with Gasteiger partial charge in [-0.05, 0) is 43.7 Å². The third kappa shape index (κ3) is 3.08. The molecule has 2 aromatic carbocycles. The number of primary amides is 1. The molecule has 0 spiro atoms. The summed E-state index contributed by atoms with van der Waals surface area (Å²) in [6.07, 6.45) is 0. The highest BCUT2D eigenvalue weighted by atomic mass is 35.5. The highest BCUT2D eigenvalue weighted by molar-refractivity contribution is 6.40. The molecule has 0 saturated heterocycles. The van der Waals surface area contributed by atoms with Crippen molar-refractivity contribution >= 4 is 51.7 Å². The number of nitrogens with two attached hydrogens (primary N) is 1. The number of halogens is 2. The number of fused-ring (bicyclic) bond motifs is 1. The Hall–Kier alpha value is -2.50. The van der Waals surface area contributed by atoms with E-state index in [1.165, 1.54) is 6.07 Å². The number of carbonyl (C=O) groups is 2. The van der Waals surface area contributed by atoms with Crippen LogP contribution in [-0.2, 0) is 0 Å². The van der Waals surface area contributed by atoms with E-state index in [0.717, 1.165) is 5.56 Å². The van der Waals surface area contributed by atoms with Crippen molar-refractivity contribution in [3.05, 3.63) is 62.8 Å². The number of benzene rings is 2. The summed E-state index contributed by atoms with van der Waals surface area (Å²) in [6.45, 7) is 3.66. The van der Waals surface area contributed by atoms with Crippen LogP contribution < -0.4 is 11.1 Å². The smallest absolute Gasteiger partial charge is 0.258 e. The second kappa shape index (κ2) is 6.43. The molecule has 3 N–H and O–H groups in total. The van der Waals surface area contributed by atoms with Gasteiger partial charge >= 0.3 is 0 Å². The van der Waals surface area contributed by atoms with Gasteiger partial charge in [-0.2, -0.15) is 0 Å². The van der Waals surface area contributed by atoms with Crippen molar-refractivity contribution in [3.8, 4) is 0 Å². The normalized spacial score (nSPS) is 10.9. The lowest BCUT2D eigenvalue weighted by atomic mass is 10.1. The Labute approximate surface area is 153 Å². The van der Waals surface area contributed by atoms with Crippen molar-refractivity contribution in [2.45, 2.75) is 13.8 Å². The minimum Gasteiger partial charge on any atom is -0.459 e. The van der Waals surface area contributed by atoms with Crippen molar-refractivity contribution in [3.63, 3.8) is 0 Å². The summed E-state index contributed by atoms with van der Waals surface area (Å²) in [4.78, 5) is 24.3. The van der Waals surface area contributed by atoms with Crippen LogP contribution in [0.4, 0.5) is 5.69 Å². The van der Waals surface area contributed by atoms with Gasteiger partial charge in [0.15, 0.2) is 5.58 Å². The van der Waals surface area contributed by atoms with Crippen LogP contribution in [0.2, 0.25) is 10.0 Å². The fraction of sp³-hybridized carbons (Fsp3) is 0.111. The van der Waals surface area contributed by atoms with Crippen LogP contribution in [0.5, 0.6) is 0 Å². The quantitative estimate of drug-likeness (QED) is 0.693. The maximum absolute atomic E-state index is 12.6. The molecule has 0 radical (unpaired) electrons. The molecule has 3 rings (SSSR count). The van der Waals surface area contributed by atoms with Gasteiger partial charge in [-0.1, -0.05) is 29.3 Å². The average Bonchev–Trinajstić information content (AvgIpc) is 2.83. The molecular formula is C18H14Cl2N2O3. The lowest BCUT2D eigenvalue weighted by Gasteiger charge is -2.10. The van der Waals surface area contributed by atoms with Crippen molar-refractivity contribution in [2.75, 3.05) is 5.32 Å². The summed E-state index contributed by atoms with van der Waals surface area (Å²) in [5.74, 6) is -0.431. The Bertz CT molecular complexity index is 1000. The highest BCUT2D eigenvalue weighted by Crippen LogP contribution is 2.33. The first-order valence-electron chi connectivity index (χ1n) is 7.38. The van der Waals surface area contributed by atoms with Gasteiger partial charge in [0.1, 0.15) is 5.76 Å². The van der Waals surface area contributed by atoms with E-state index < -0.39 is 11.8 Å². The van der Waals surface area contributed by atoms with Gasteiger partial charge in [0, 0.05) is 10.9 Å². The highest BCUT2D eigenvalue weighted by Gasteiger charge is 2.19. The van der Waals surface area contributed by atoms with E-state index in [-0.39, 0.29) is 21.2 Å². The molecule has 0 aliphatic rings. The number of amides is 2. The van der Waals surface area contributed by atoms with Crippen LogP contribution in [0, 0.1) is 13.8 Å². The molecule has 0 bridgehead atoms. The lowest BCUT2D eigenvalue weighted by Crippen LogP contribution is -2.15. The number of hydrogen-bond donors (Lipinski definition) is 2. The van der Waals surface area contributed by atoms with Crippen molar-refractivity contribution in [1.29, 1.82) is 0 Å². The van der Waals surface area contributed by atoms with Gasteiger partial charge in [0.05, 0.1) is 21.3 Å². The number of rotatable bonds is 3. The summed E-state index contributed by atoms with van der Waals surface area (Å²) in [6, 6.07) is 7.89. The van der Waals surface area contributed by atoms with E-state index in [2.05, 4.69) is 5.32 Å². The van der Waals surface area contributed by atoms with E-state index in [9.17, 15) is 9.59 Å². The topological polar surface area (TPSA) is 85.3 Å². The number of carbonyl (C=O) groups excluding carboxylic acids is 2. The molecule has 0 atom stereocenters. The second-order valence-corrected chi connectivity index (χ2v) is 6.41. The van der Waals surface area contributed by atoms with Crippen molar-refractivity contribution in [2.24, 2.45) is 5.73 Å². The Morgan fingerprint density at radius 2 is 1.76 bits per heavy atom. The average molecular weight is 377 g/mol. The first-order valence-corrected chi connectivity index (χ1v) is 8.14. The zero-order valence-electron chi connectivity index (χ0n) is 13.4. The molecule has 0 unspecified atom stereocenters. The van der Waals surface area contributed by atoms with Gasteiger partial charge in [0.25, 0.3) is 5.91 Å². The van der Waals surface area contributed by atoms with Crippen molar-refractivity contribution in [1.82, 2.24) is 0 Å². The summed E-state index contributed by atoms with van der Waals surface area (Å²) < 4.78 is 5.73. The monoisotopic (exact) mass is 376 g/mol. The summed E-state index contributed by atoms with van der Waals surface area (Å²) in [5, 5.41) is 3.86. The van der Waals surface area contributed by atoms with Crippen LogP contribution >= 0.6 is 23.2 Å². The van der Waals surface area contributed by atoms with Gasteiger partial charge in [-0.25, -0.2) is 0 Å². The molecule has 1 aromatic heterocycles. The molecule has 2 amide bonds. The molecule has 0 aliphatic carbocycles. The maximum atomic E-state index is 12.6. The molecule has 3 aromatic rings. The van der Waals surface area contributed by atoms with Gasteiger partial charge in [-0.3, -0.25) is 9.59 Å². The second-order valence-electron chi connectivity index (χ2n) is 5.60. The third-order valence-corrected chi connectivity index (χ3v) is 4.63. The summed E-state index contributed by atoms with van der Waals surface area (Å²) in [7, 11) is 0. The number of nitrogens with one attached hydrogen (secondary N) is 1. The number of furan rings is 1. The zero-order chi connectivity index (χ0) is 18.3. The van der Waals surface area contributed by atoms with Gasteiger partial charge < -0.3 is 15.5 Å².